The summed E-state index contributed by atoms with van der Waals surface area (Å²) < 4.78 is 5.43. The number of hydrogen-bond acceptors (Lipinski definition) is 2. The maximum atomic E-state index is 12.1. The summed E-state index contributed by atoms with van der Waals surface area (Å²) in [6.07, 6.45) is 0.876. The number of hydrogen-bond donors (Lipinski definition) is 1. The minimum Gasteiger partial charge on any atom is -0.493 e. The van der Waals surface area contributed by atoms with E-state index in [1.165, 1.54) is 5.56 Å². The Hall–Kier alpha value is -2.29. The highest BCUT2D eigenvalue weighted by atomic mass is 16.5. The third kappa shape index (κ3) is 2.45. The summed E-state index contributed by atoms with van der Waals surface area (Å²) in [6.45, 7) is 2.73. The topological polar surface area (TPSA) is 38.3 Å². The molecular formula is C16H15NO2. The van der Waals surface area contributed by atoms with Crippen LogP contribution in [0.25, 0.3) is 0 Å². The molecule has 0 fully saturated rings. The predicted octanol–water partition coefficient (Wildman–Crippen LogP) is 3.18. The Morgan fingerprint density at radius 2 is 1.95 bits per heavy atom. The van der Waals surface area contributed by atoms with E-state index in [0.717, 1.165) is 23.4 Å². The summed E-state index contributed by atoms with van der Waals surface area (Å²) in [6, 6.07) is 13.3. The molecular weight excluding hydrogens is 238 g/mol. The van der Waals surface area contributed by atoms with Gasteiger partial charge in [-0.3, -0.25) is 4.79 Å². The minimum atomic E-state index is -0.0847. The summed E-state index contributed by atoms with van der Waals surface area (Å²) in [5, 5.41) is 2.90. The van der Waals surface area contributed by atoms with E-state index in [4.69, 9.17) is 4.74 Å². The fourth-order valence-corrected chi connectivity index (χ4v) is 2.17. The van der Waals surface area contributed by atoms with E-state index in [-0.39, 0.29) is 5.91 Å². The second kappa shape index (κ2) is 4.76. The van der Waals surface area contributed by atoms with Gasteiger partial charge in [0.1, 0.15) is 5.75 Å². The fourth-order valence-electron chi connectivity index (χ4n) is 2.17. The van der Waals surface area contributed by atoms with Gasteiger partial charge in [0.2, 0.25) is 0 Å². The zero-order chi connectivity index (χ0) is 13.2. The quantitative estimate of drug-likeness (QED) is 0.892. The Balaban J connectivity index is 1.78. The Morgan fingerprint density at radius 1 is 1.16 bits per heavy atom. The van der Waals surface area contributed by atoms with Crippen molar-refractivity contribution in [3.05, 3.63) is 59.2 Å². The van der Waals surface area contributed by atoms with Crippen molar-refractivity contribution in [2.45, 2.75) is 13.3 Å². The van der Waals surface area contributed by atoms with Crippen LogP contribution in [0.3, 0.4) is 0 Å². The van der Waals surface area contributed by atoms with Crippen LogP contribution in [0.4, 0.5) is 5.69 Å². The third-order valence-electron chi connectivity index (χ3n) is 3.26. The Morgan fingerprint density at radius 3 is 2.74 bits per heavy atom. The van der Waals surface area contributed by atoms with Gasteiger partial charge in [-0.15, -0.1) is 0 Å². The summed E-state index contributed by atoms with van der Waals surface area (Å²) in [4.78, 5) is 12.1. The lowest BCUT2D eigenvalue weighted by molar-refractivity contribution is 0.102. The Labute approximate surface area is 112 Å². The molecule has 0 spiro atoms. The number of benzene rings is 2. The first-order chi connectivity index (χ1) is 9.22. The maximum absolute atomic E-state index is 12.1. The molecule has 2 aromatic rings. The van der Waals surface area contributed by atoms with Gasteiger partial charge in [0.05, 0.1) is 6.61 Å². The molecule has 19 heavy (non-hydrogen) atoms. The van der Waals surface area contributed by atoms with E-state index in [1.54, 1.807) is 6.07 Å². The van der Waals surface area contributed by atoms with Crippen molar-refractivity contribution in [2.24, 2.45) is 0 Å². The highest BCUT2D eigenvalue weighted by molar-refractivity contribution is 6.04. The Bertz CT molecular complexity index is 617. The maximum Gasteiger partial charge on any atom is 0.255 e. The molecule has 0 bridgehead atoms. The van der Waals surface area contributed by atoms with Gasteiger partial charge in [-0.25, -0.2) is 0 Å². The molecule has 1 aliphatic heterocycles. The van der Waals surface area contributed by atoms with Crippen LogP contribution in [0.1, 0.15) is 21.5 Å². The molecule has 0 saturated heterocycles. The summed E-state index contributed by atoms with van der Waals surface area (Å²) in [5.74, 6) is 0.811. The van der Waals surface area contributed by atoms with Crippen LogP contribution < -0.4 is 10.1 Å². The van der Waals surface area contributed by atoms with Crippen LogP contribution in [0.2, 0.25) is 0 Å². The molecule has 0 aromatic heterocycles. The van der Waals surface area contributed by atoms with Crippen molar-refractivity contribution in [1.29, 1.82) is 0 Å². The van der Waals surface area contributed by atoms with E-state index in [2.05, 4.69) is 5.32 Å². The zero-order valence-corrected chi connectivity index (χ0v) is 10.8. The van der Waals surface area contributed by atoms with Gasteiger partial charge < -0.3 is 10.1 Å². The van der Waals surface area contributed by atoms with Crippen molar-refractivity contribution in [1.82, 2.24) is 0 Å². The summed E-state index contributed by atoms with van der Waals surface area (Å²) in [5.41, 5.74) is 3.77. The largest absolute Gasteiger partial charge is 0.493 e. The highest BCUT2D eigenvalue weighted by Gasteiger charge is 2.14. The van der Waals surface area contributed by atoms with Gasteiger partial charge in [0, 0.05) is 17.7 Å². The SMILES string of the molecule is Cc1ccc(NC(=O)c2ccc3c(c2)CCO3)cc1. The lowest BCUT2D eigenvalue weighted by atomic mass is 10.1. The lowest BCUT2D eigenvalue weighted by Crippen LogP contribution is -2.11. The van der Waals surface area contributed by atoms with Gasteiger partial charge >= 0.3 is 0 Å². The van der Waals surface area contributed by atoms with Crippen LogP contribution in [0.5, 0.6) is 5.75 Å². The number of rotatable bonds is 2. The standard InChI is InChI=1S/C16H15NO2/c1-11-2-5-14(6-3-11)17-16(18)13-4-7-15-12(10-13)8-9-19-15/h2-7,10H,8-9H2,1H3,(H,17,18). The second-order valence-electron chi connectivity index (χ2n) is 4.74. The molecule has 1 N–H and O–H groups in total. The number of carbonyl (C=O) groups is 1. The van der Waals surface area contributed by atoms with E-state index < -0.39 is 0 Å². The van der Waals surface area contributed by atoms with Crippen LogP contribution in [0.15, 0.2) is 42.5 Å². The molecule has 2 aromatic carbocycles. The smallest absolute Gasteiger partial charge is 0.255 e. The van der Waals surface area contributed by atoms with Crippen molar-refractivity contribution < 1.29 is 9.53 Å². The zero-order valence-electron chi connectivity index (χ0n) is 10.8. The van der Waals surface area contributed by atoms with E-state index >= 15 is 0 Å². The number of anilines is 1. The first kappa shape index (κ1) is 11.8. The summed E-state index contributed by atoms with van der Waals surface area (Å²) in [7, 11) is 0. The van der Waals surface area contributed by atoms with Crippen LogP contribution in [0, 0.1) is 6.92 Å². The average molecular weight is 253 g/mol. The van der Waals surface area contributed by atoms with E-state index in [0.29, 0.717) is 12.2 Å². The van der Waals surface area contributed by atoms with Crippen molar-refractivity contribution in [2.75, 3.05) is 11.9 Å². The molecule has 3 rings (SSSR count). The van der Waals surface area contributed by atoms with Gasteiger partial charge in [-0.05, 0) is 42.8 Å². The molecule has 1 heterocycles. The van der Waals surface area contributed by atoms with Gasteiger partial charge in [-0.2, -0.15) is 0 Å². The highest BCUT2D eigenvalue weighted by Crippen LogP contribution is 2.26. The number of amides is 1. The normalized spacial score (nSPS) is 12.7. The number of carbonyl (C=O) groups excluding carboxylic acids is 1. The van der Waals surface area contributed by atoms with Crippen LogP contribution >= 0.6 is 0 Å². The number of fused-ring (bicyclic) bond motifs is 1. The molecule has 0 unspecified atom stereocenters. The predicted molar refractivity (Wildman–Crippen MR) is 74.8 cm³/mol. The molecule has 3 heteroatoms. The first-order valence-corrected chi connectivity index (χ1v) is 6.36. The Kier molecular flexibility index (Phi) is 2.95. The number of nitrogens with one attached hydrogen (secondary N) is 1. The van der Waals surface area contributed by atoms with Crippen LogP contribution in [-0.4, -0.2) is 12.5 Å². The monoisotopic (exact) mass is 253 g/mol. The van der Waals surface area contributed by atoms with Gasteiger partial charge in [0.15, 0.2) is 0 Å². The number of aryl methyl sites for hydroxylation is 1. The van der Waals surface area contributed by atoms with E-state index in [9.17, 15) is 4.79 Å². The van der Waals surface area contributed by atoms with Gasteiger partial charge in [0.25, 0.3) is 5.91 Å². The summed E-state index contributed by atoms with van der Waals surface area (Å²) >= 11 is 0. The van der Waals surface area contributed by atoms with Gasteiger partial charge in [-0.1, -0.05) is 17.7 Å². The third-order valence-corrected chi connectivity index (χ3v) is 3.26. The molecule has 1 amide bonds. The fraction of sp³-hybridized carbons (Fsp3) is 0.188. The molecule has 0 radical (unpaired) electrons. The average Bonchev–Trinajstić information content (AvgIpc) is 2.88. The van der Waals surface area contributed by atoms with Crippen LogP contribution in [-0.2, 0) is 6.42 Å². The first-order valence-electron chi connectivity index (χ1n) is 6.36. The van der Waals surface area contributed by atoms with E-state index in [1.807, 2.05) is 43.3 Å². The van der Waals surface area contributed by atoms with Crippen molar-refractivity contribution >= 4 is 11.6 Å². The molecule has 0 saturated carbocycles. The van der Waals surface area contributed by atoms with Crippen molar-refractivity contribution in [3.63, 3.8) is 0 Å². The second-order valence-corrected chi connectivity index (χ2v) is 4.74. The molecule has 3 nitrogen and oxygen atoms in total. The minimum absolute atomic E-state index is 0.0847. The number of ether oxygens (including phenoxy) is 1. The molecule has 0 aliphatic carbocycles. The lowest BCUT2D eigenvalue weighted by Gasteiger charge is -2.07. The van der Waals surface area contributed by atoms with Crippen molar-refractivity contribution in [3.8, 4) is 5.75 Å². The molecule has 0 atom stereocenters. The molecule has 96 valence electrons. The molecule has 1 aliphatic rings.